The fourth-order valence-electron chi connectivity index (χ4n) is 0.750. The molecule has 2 atom stereocenters. The summed E-state index contributed by atoms with van der Waals surface area (Å²) in [6.07, 6.45) is 0. The van der Waals surface area contributed by atoms with E-state index in [0.717, 1.165) is 0 Å². The van der Waals surface area contributed by atoms with E-state index in [1.807, 2.05) is 0 Å². The zero-order chi connectivity index (χ0) is 17.0. The maximum Gasteiger partial charge on any atom is 0.375 e. The number of halogens is 14. The van der Waals surface area contributed by atoms with Crippen LogP contribution in [-0.4, -0.2) is 32.1 Å². The van der Waals surface area contributed by atoms with Crippen LogP contribution in [0.3, 0.4) is 0 Å². The molecule has 122 valence electrons. The van der Waals surface area contributed by atoms with Crippen molar-refractivity contribution in [3.05, 3.63) is 0 Å². The fourth-order valence-corrected chi connectivity index (χ4v) is 1.67. The summed E-state index contributed by atoms with van der Waals surface area (Å²) < 4.78 is 111. The van der Waals surface area contributed by atoms with Crippen molar-refractivity contribution < 1.29 is 39.5 Å². The van der Waals surface area contributed by atoms with Crippen LogP contribution < -0.4 is 0 Å². The molecule has 14 heteroatoms. The first kappa shape index (κ1) is 20.8. The predicted molar refractivity (Wildman–Crippen MR) is 55.6 cm³/mol. The molecule has 0 aliphatic heterocycles. The lowest BCUT2D eigenvalue weighted by Crippen LogP contribution is -2.68. The van der Waals surface area contributed by atoms with Crippen LogP contribution in [0.4, 0.5) is 39.5 Å². The van der Waals surface area contributed by atoms with Gasteiger partial charge in [0.15, 0.2) is 0 Å². The number of hydrogen-bond acceptors (Lipinski definition) is 0. The number of rotatable bonds is 5. The molecule has 0 aromatic heterocycles. The number of hydrogen-bond donors (Lipinski definition) is 0. The number of alkyl halides is 14. The van der Waals surface area contributed by atoms with E-state index in [9.17, 15) is 39.5 Å². The molecule has 0 N–H and O–H groups in total. The minimum atomic E-state index is -6.63. The Morgan fingerprint density at radius 3 is 0.950 bits per heavy atom. The van der Waals surface area contributed by atoms with E-state index in [1.54, 1.807) is 0 Å². The summed E-state index contributed by atoms with van der Waals surface area (Å²) >= 11 is 20.0. The molecule has 0 rings (SSSR count). The van der Waals surface area contributed by atoms with Crippen LogP contribution in [0.15, 0.2) is 0 Å². The highest BCUT2D eigenvalue weighted by atomic mass is 35.5. The van der Waals surface area contributed by atoms with Gasteiger partial charge in [0.1, 0.15) is 0 Å². The summed E-state index contributed by atoms with van der Waals surface area (Å²) in [5.41, 5.74) is 0. The van der Waals surface area contributed by atoms with Gasteiger partial charge >= 0.3 is 32.1 Å². The molecule has 0 aromatic rings. The van der Waals surface area contributed by atoms with E-state index in [0.29, 0.717) is 0 Å². The van der Waals surface area contributed by atoms with Gasteiger partial charge in [0.05, 0.1) is 0 Å². The van der Waals surface area contributed by atoms with Crippen LogP contribution in [0.1, 0.15) is 0 Å². The third-order valence-electron chi connectivity index (χ3n) is 1.90. The Morgan fingerprint density at radius 2 is 0.750 bits per heavy atom. The Morgan fingerprint density at radius 1 is 0.450 bits per heavy atom. The highest BCUT2D eigenvalue weighted by Crippen LogP contribution is 2.63. The topological polar surface area (TPSA) is 0 Å². The quantitative estimate of drug-likeness (QED) is 0.378. The molecular formula is C6Cl5F9. The normalized spacial score (nSPS) is 21.3. The first-order valence-electron chi connectivity index (χ1n) is 3.90. The van der Waals surface area contributed by atoms with Crippen molar-refractivity contribution in [3.63, 3.8) is 0 Å². The Labute approximate surface area is 130 Å². The third kappa shape index (κ3) is 2.85. The van der Waals surface area contributed by atoms with E-state index in [4.69, 9.17) is 0 Å². The lowest BCUT2D eigenvalue weighted by atomic mass is 10.0. The van der Waals surface area contributed by atoms with Gasteiger partial charge in [-0.3, -0.25) is 0 Å². The first-order valence-corrected chi connectivity index (χ1v) is 5.79. The van der Waals surface area contributed by atoms with Gasteiger partial charge in [-0.15, -0.1) is 0 Å². The zero-order valence-electron chi connectivity index (χ0n) is 8.29. The van der Waals surface area contributed by atoms with Crippen LogP contribution in [-0.2, 0) is 0 Å². The molecule has 0 heterocycles. The first-order chi connectivity index (χ1) is 8.25. The summed E-state index contributed by atoms with van der Waals surface area (Å²) in [5, 5.41) is -17.9. The van der Waals surface area contributed by atoms with Crippen LogP contribution in [0.25, 0.3) is 0 Å². The minimum absolute atomic E-state index is 3.83. The second-order valence-corrected chi connectivity index (χ2v) is 6.04. The molecule has 0 aliphatic carbocycles. The molecule has 0 aromatic carbocycles. The molecule has 0 nitrogen and oxygen atoms in total. The summed E-state index contributed by atoms with van der Waals surface area (Å²) in [6, 6.07) is 0. The van der Waals surface area contributed by atoms with Crippen molar-refractivity contribution >= 4 is 58.0 Å². The Balaban J connectivity index is 6.08. The van der Waals surface area contributed by atoms with Gasteiger partial charge in [-0.2, -0.15) is 26.3 Å². The second-order valence-electron chi connectivity index (χ2n) is 3.29. The molecule has 0 radical (unpaired) electrons. The largest absolute Gasteiger partial charge is 0.375 e. The lowest BCUT2D eigenvalue weighted by Gasteiger charge is -2.41. The Hall–Kier alpha value is 0.820. The monoisotopic (exact) mass is 418 g/mol. The van der Waals surface area contributed by atoms with E-state index in [1.165, 1.54) is 0 Å². The summed E-state index contributed by atoms with van der Waals surface area (Å²) in [7, 11) is 0. The van der Waals surface area contributed by atoms with Crippen LogP contribution >= 0.6 is 58.0 Å². The maximum atomic E-state index is 13.3. The van der Waals surface area contributed by atoms with Crippen LogP contribution in [0.5, 0.6) is 0 Å². The minimum Gasteiger partial charge on any atom is -0.212 e. The smallest absolute Gasteiger partial charge is 0.212 e. The van der Waals surface area contributed by atoms with Crippen molar-refractivity contribution in [2.45, 2.75) is 32.1 Å². The Kier molecular flexibility index (Phi) is 5.39. The van der Waals surface area contributed by atoms with Crippen LogP contribution in [0, 0.1) is 0 Å². The van der Waals surface area contributed by atoms with Gasteiger partial charge in [-0.25, -0.2) is 13.2 Å². The van der Waals surface area contributed by atoms with Crippen LogP contribution in [0.2, 0.25) is 0 Å². The van der Waals surface area contributed by atoms with Gasteiger partial charge in [-0.1, -0.05) is 46.4 Å². The van der Waals surface area contributed by atoms with Crippen molar-refractivity contribution in [2.75, 3.05) is 0 Å². The highest BCUT2D eigenvalue weighted by Gasteiger charge is 2.86. The summed E-state index contributed by atoms with van der Waals surface area (Å²) in [4.78, 5) is 0. The SMILES string of the molecule is FC(Cl)(Cl)C(F)(F)[C@@](F)(Cl)C(F)(F)[C@@](F)(Cl)C(F)(F)Cl. The summed E-state index contributed by atoms with van der Waals surface area (Å²) in [5.74, 6) is -12.9. The van der Waals surface area contributed by atoms with E-state index >= 15 is 0 Å². The van der Waals surface area contributed by atoms with Crippen molar-refractivity contribution in [1.29, 1.82) is 0 Å². The molecule has 0 bridgehead atoms. The van der Waals surface area contributed by atoms with Crippen molar-refractivity contribution in [3.8, 4) is 0 Å². The lowest BCUT2D eigenvalue weighted by molar-refractivity contribution is -0.275. The average molecular weight is 420 g/mol. The highest BCUT2D eigenvalue weighted by molar-refractivity contribution is 6.48. The average Bonchev–Trinajstić information content (AvgIpc) is 2.12. The summed E-state index contributed by atoms with van der Waals surface area (Å²) in [6.45, 7) is 0. The second kappa shape index (κ2) is 5.18. The molecule has 20 heavy (non-hydrogen) atoms. The van der Waals surface area contributed by atoms with E-state index in [-0.39, 0.29) is 0 Å². The van der Waals surface area contributed by atoms with Gasteiger partial charge in [0.25, 0.3) is 0 Å². The molecule has 0 amide bonds. The van der Waals surface area contributed by atoms with E-state index in [2.05, 4.69) is 58.0 Å². The molecule has 0 aliphatic rings. The molecule has 0 saturated carbocycles. The zero-order valence-corrected chi connectivity index (χ0v) is 12.1. The van der Waals surface area contributed by atoms with Gasteiger partial charge in [0.2, 0.25) is 0 Å². The fraction of sp³-hybridized carbons (Fsp3) is 1.00. The molecular weight excluding hydrogens is 420 g/mol. The van der Waals surface area contributed by atoms with Gasteiger partial charge in [0, 0.05) is 0 Å². The molecule has 0 unspecified atom stereocenters. The third-order valence-corrected chi connectivity index (χ3v) is 3.68. The van der Waals surface area contributed by atoms with E-state index < -0.39 is 32.1 Å². The van der Waals surface area contributed by atoms with Crippen molar-refractivity contribution in [1.82, 2.24) is 0 Å². The maximum absolute atomic E-state index is 13.3. The van der Waals surface area contributed by atoms with Gasteiger partial charge < -0.3 is 0 Å². The Bertz CT molecular complexity index is 332. The predicted octanol–water partition coefficient (Wildman–Crippen LogP) is 6.00. The molecule has 0 saturated heterocycles. The van der Waals surface area contributed by atoms with Gasteiger partial charge in [-0.05, 0) is 11.6 Å². The molecule has 0 fully saturated rings. The van der Waals surface area contributed by atoms with Crippen molar-refractivity contribution in [2.24, 2.45) is 0 Å². The molecule has 0 spiro atoms. The standard InChI is InChI=1S/C6Cl5F9/c7-1(12,4(16,17)5(9,10)18)3(14,15)2(8,13)6(11,19)20/t1-,2+/m1/s1.